The van der Waals surface area contributed by atoms with Crippen LogP contribution < -0.4 is 10.1 Å². The minimum Gasteiger partial charge on any atom is -0.496 e. The number of amides is 1. The SMILES string of the molecule is COc1ccccc1-c1csc(NC(=O)c2cc(Cl)c(Cl)n2C)n1. The minimum atomic E-state index is -0.327. The zero-order valence-corrected chi connectivity index (χ0v) is 15.2. The molecule has 2 aromatic heterocycles. The predicted octanol–water partition coefficient (Wildman–Crippen LogP) is 4.72. The predicted molar refractivity (Wildman–Crippen MR) is 97.5 cm³/mol. The van der Waals surface area contributed by atoms with Gasteiger partial charge in [-0.25, -0.2) is 4.98 Å². The van der Waals surface area contributed by atoms with E-state index in [1.54, 1.807) is 14.2 Å². The van der Waals surface area contributed by atoms with E-state index in [1.807, 2.05) is 29.6 Å². The Labute approximate surface area is 152 Å². The summed E-state index contributed by atoms with van der Waals surface area (Å²) in [7, 11) is 3.28. The van der Waals surface area contributed by atoms with Crippen LogP contribution >= 0.6 is 34.5 Å². The van der Waals surface area contributed by atoms with Crippen molar-refractivity contribution in [3.8, 4) is 17.0 Å². The van der Waals surface area contributed by atoms with Crippen LogP contribution in [0, 0.1) is 0 Å². The fourth-order valence-corrected chi connectivity index (χ4v) is 3.31. The second-order valence-electron chi connectivity index (χ2n) is 4.92. The molecule has 3 aromatic rings. The second kappa shape index (κ2) is 6.84. The number of thiazole rings is 1. The van der Waals surface area contributed by atoms with Crippen LogP contribution in [-0.4, -0.2) is 22.6 Å². The Morgan fingerprint density at radius 3 is 2.75 bits per heavy atom. The Balaban J connectivity index is 1.84. The summed E-state index contributed by atoms with van der Waals surface area (Å²) in [5.41, 5.74) is 1.96. The number of anilines is 1. The van der Waals surface area contributed by atoms with Crippen LogP contribution in [0.2, 0.25) is 10.2 Å². The van der Waals surface area contributed by atoms with E-state index < -0.39 is 0 Å². The molecular weight excluding hydrogens is 369 g/mol. The number of halogens is 2. The van der Waals surface area contributed by atoms with Crippen molar-refractivity contribution in [3.05, 3.63) is 51.6 Å². The summed E-state index contributed by atoms with van der Waals surface area (Å²) < 4.78 is 6.86. The number of hydrogen-bond acceptors (Lipinski definition) is 4. The maximum Gasteiger partial charge on any atom is 0.274 e. The van der Waals surface area contributed by atoms with E-state index in [9.17, 15) is 4.79 Å². The van der Waals surface area contributed by atoms with Crippen molar-refractivity contribution in [2.75, 3.05) is 12.4 Å². The molecule has 0 unspecified atom stereocenters. The van der Waals surface area contributed by atoms with Crippen LogP contribution in [0.15, 0.2) is 35.7 Å². The lowest BCUT2D eigenvalue weighted by atomic mass is 10.1. The lowest BCUT2D eigenvalue weighted by Crippen LogP contribution is -2.15. The number of nitrogens with zero attached hydrogens (tertiary/aromatic N) is 2. The fourth-order valence-electron chi connectivity index (χ4n) is 2.23. The highest BCUT2D eigenvalue weighted by atomic mass is 35.5. The van der Waals surface area contributed by atoms with Crippen LogP contribution in [0.1, 0.15) is 10.5 Å². The Kier molecular flexibility index (Phi) is 4.80. The van der Waals surface area contributed by atoms with E-state index in [4.69, 9.17) is 27.9 Å². The van der Waals surface area contributed by atoms with Gasteiger partial charge in [0.25, 0.3) is 5.91 Å². The molecule has 0 aliphatic carbocycles. The van der Waals surface area contributed by atoms with E-state index in [0.29, 0.717) is 21.0 Å². The smallest absolute Gasteiger partial charge is 0.274 e. The summed E-state index contributed by atoms with van der Waals surface area (Å²) in [6, 6.07) is 9.09. The molecule has 1 aromatic carbocycles. The van der Waals surface area contributed by atoms with Crippen molar-refractivity contribution >= 4 is 45.6 Å². The normalized spacial score (nSPS) is 10.7. The molecule has 24 heavy (non-hydrogen) atoms. The standard InChI is InChI=1S/C16H13Cl2N3O2S/c1-21-12(7-10(17)14(21)18)15(22)20-16-19-11(8-24-16)9-5-3-4-6-13(9)23-2/h3-8H,1-2H3,(H,19,20,22). The van der Waals surface area contributed by atoms with E-state index >= 15 is 0 Å². The second-order valence-corrected chi connectivity index (χ2v) is 6.54. The van der Waals surface area contributed by atoms with Gasteiger partial charge in [-0.1, -0.05) is 35.3 Å². The van der Waals surface area contributed by atoms with Gasteiger partial charge in [0.05, 0.1) is 17.8 Å². The van der Waals surface area contributed by atoms with Gasteiger partial charge in [-0.2, -0.15) is 0 Å². The highest BCUT2D eigenvalue weighted by Crippen LogP contribution is 2.32. The average molecular weight is 382 g/mol. The molecule has 0 spiro atoms. The summed E-state index contributed by atoms with van der Waals surface area (Å²) >= 11 is 13.3. The van der Waals surface area contributed by atoms with Crippen LogP contribution in [0.5, 0.6) is 5.75 Å². The number of hydrogen-bond donors (Lipinski definition) is 1. The number of aromatic nitrogens is 2. The molecule has 124 valence electrons. The molecule has 2 heterocycles. The maximum absolute atomic E-state index is 12.4. The fraction of sp³-hybridized carbons (Fsp3) is 0.125. The molecule has 0 aliphatic heterocycles. The Hall–Kier alpha value is -2.02. The van der Waals surface area contributed by atoms with Gasteiger partial charge in [-0.15, -0.1) is 11.3 Å². The quantitative estimate of drug-likeness (QED) is 0.711. The lowest BCUT2D eigenvalue weighted by Gasteiger charge is -2.05. The van der Waals surface area contributed by atoms with E-state index in [0.717, 1.165) is 17.0 Å². The molecule has 0 fully saturated rings. The number of methoxy groups -OCH3 is 1. The summed E-state index contributed by atoms with van der Waals surface area (Å²) in [5, 5.41) is 5.74. The first kappa shape index (κ1) is 16.8. The van der Waals surface area contributed by atoms with Crippen LogP contribution in [0.4, 0.5) is 5.13 Å². The Bertz CT molecular complexity index is 905. The van der Waals surface area contributed by atoms with Crippen molar-refractivity contribution < 1.29 is 9.53 Å². The molecule has 1 amide bonds. The third-order valence-electron chi connectivity index (χ3n) is 3.46. The van der Waals surface area contributed by atoms with Crippen molar-refractivity contribution in [1.82, 2.24) is 9.55 Å². The topological polar surface area (TPSA) is 56.1 Å². The molecule has 3 rings (SSSR count). The van der Waals surface area contributed by atoms with Crippen LogP contribution in [0.3, 0.4) is 0 Å². The molecule has 0 saturated heterocycles. The molecular formula is C16H13Cl2N3O2S. The third-order valence-corrected chi connectivity index (χ3v) is 5.06. The zero-order valence-electron chi connectivity index (χ0n) is 12.8. The van der Waals surface area contributed by atoms with Gasteiger partial charge in [0.1, 0.15) is 16.6 Å². The minimum absolute atomic E-state index is 0.315. The number of benzene rings is 1. The van der Waals surface area contributed by atoms with Crippen molar-refractivity contribution in [2.45, 2.75) is 0 Å². The van der Waals surface area contributed by atoms with Crippen molar-refractivity contribution in [1.29, 1.82) is 0 Å². The molecule has 8 heteroatoms. The maximum atomic E-state index is 12.4. The summed E-state index contributed by atoms with van der Waals surface area (Å²) in [6.45, 7) is 0. The summed E-state index contributed by atoms with van der Waals surface area (Å²) in [4.78, 5) is 16.8. The van der Waals surface area contributed by atoms with Crippen LogP contribution in [0.25, 0.3) is 11.3 Å². The number of para-hydroxylation sites is 1. The van der Waals surface area contributed by atoms with E-state index in [1.165, 1.54) is 22.0 Å². The van der Waals surface area contributed by atoms with Gasteiger partial charge >= 0.3 is 0 Å². The highest BCUT2D eigenvalue weighted by Gasteiger charge is 2.17. The zero-order chi connectivity index (χ0) is 17.3. The van der Waals surface area contributed by atoms with Gasteiger partial charge in [0.2, 0.25) is 0 Å². The number of ether oxygens (including phenoxy) is 1. The number of carbonyl (C=O) groups is 1. The lowest BCUT2D eigenvalue weighted by molar-refractivity contribution is 0.101. The van der Waals surface area contributed by atoms with E-state index in [-0.39, 0.29) is 5.91 Å². The molecule has 0 saturated carbocycles. The highest BCUT2D eigenvalue weighted by molar-refractivity contribution is 7.14. The van der Waals surface area contributed by atoms with Gasteiger partial charge in [0.15, 0.2) is 5.13 Å². The first-order valence-electron chi connectivity index (χ1n) is 6.92. The molecule has 0 aliphatic rings. The molecule has 0 bridgehead atoms. The number of rotatable bonds is 4. The first-order valence-corrected chi connectivity index (χ1v) is 8.55. The van der Waals surface area contributed by atoms with Crippen molar-refractivity contribution in [2.24, 2.45) is 7.05 Å². The van der Waals surface area contributed by atoms with Crippen LogP contribution in [-0.2, 0) is 7.05 Å². The van der Waals surface area contributed by atoms with Gasteiger partial charge in [-0.05, 0) is 18.2 Å². The molecule has 5 nitrogen and oxygen atoms in total. The van der Waals surface area contributed by atoms with Gasteiger partial charge < -0.3 is 9.30 Å². The summed E-state index contributed by atoms with van der Waals surface area (Å²) in [5.74, 6) is 0.397. The van der Waals surface area contributed by atoms with Gasteiger partial charge in [-0.3, -0.25) is 10.1 Å². The van der Waals surface area contributed by atoms with E-state index in [2.05, 4.69) is 10.3 Å². The molecule has 0 atom stereocenters. The Morgan fingerprint density at radius 2 is 2.08 bits per heavy atom. The number of nitrogens with one attached hydrogen (secondary N) is 1. The van der Waals surface area contributed by atoms with Crippen molar-refractivity contribution in [3.63, 3.8) is 0 Å². The van der Waals surface area contributed by atoms with Gasteiger partial charge in [0, 0.05) is 18.0 Å². The number of carbonyl (C=O) groups excluding carboxylic acids is 1. The largest absolute Gasteiger partial charge is 0.496 e. The molecule has 0 radical (unpaired) electrons. The first-order chi connectivity index (χ1) is 11.5. The Morgan fingerprint density at radius 1 is 1.33 bits per heavy atom. The average Bonchev–Trinajstić information content (AvgIpc) is 3.15. The third kappa shape index (κ3) is 3.13. The summed E-state index contributed by atoms with van der Waals surface area (Å²) in [6.07, 6.45) is 0. The molecule has 1 N–H and O–H groups in total. The monoisotopic (exact) mass is 381 g/mol.